The number of nitrogens with zero attached hydrogens (tertiary/aromatic N) is 1. The molecule has 0 aliphatic carbocycles. The van der Waals surface area contributed by atoms with Crippen molar-refractivity contribution in [3.8, 4) is 5.75 Å². The molecule has 15 heavy (non-hydrogen) atoms. The minimum Gasteiger partial charge on any atom is -0.497 e. The van der Waals surface area contributed by atoms with E-state index in [0.717, 1.165) is 15.8 Å². The van der Waals surface area contributed by atoms with Crippen LogP contribution in [-0.4, -0.2) is 19.5 Å². The molecule has 3 N–H and O–H groups in total. The topological polar surface area (TPSA) is 59.6 Å². The molecule has 1 rings (SSSR count). The molecule has 0 aromatic heterocycles. The van der Waals surface area contributed by atoms with Crippen LogP contribution < -0.4 is 16.0 Å². The Morgan fingerprint density at radius 1 is 1.60 bits per heavy atom. The summed E-state index contributed by atoms with van der Waals surface area (Å²) in [4.78, 5) is 4.24. The van der Waals surface area contributed by atoms with Gasteiger partial charge in [0, 0.05) is 16.6 Å². The van der Waals surface area contributed by atoms with Crippen LogP contribution in [0, 0.1) is 0 Å². The van der Waals surface area contributed by atoms with Gasteiger partial charge in [0.05, 0.1) is 7.11 Å². The molecule has 0 atom stereocenters. The molecule has 0 spiro atoms. The van der Waals surface area contributed by atoms with E-state index in [1.165, 1.54) is 0 Å². The van der Waals surface area contributed by atoms with E-state index in [4.69, 9.17) is 10.6 Å². The van der Waals surface area contributed by atoms with E-state index >= 15 is 0 Å². The summed E-state index contributed by atoms with van der Waals surface area (Å²) < 4.78 is 6.06. The number of hydrogen-bond donors (Lipinski definition) is 2. The molecule has 0 unspecified atom stereocenters. The molecule has 0 amide bonds. The lowest BCUT2D eigenvalue weighted by atomic mass is 10.2. The third-order valence-corrected chi connectivity index (χ3v) is 2.57. The standard InChI is InChI=1S/C10H14BrN3O/c1-3-13-10(14-12)8-6-7(15-2)4-5-9(8)11/h4-6H,3,12H2,1-2H3,(H,13,14). The molecule has 1 aromatic rings. The SMILES string of the molecule is CCN=C(NN)c1cc(OC)ccc1Br. The van der Waals surface area contributed by atoms with Gasteiger partial charge in [0.1, 0.15) is 11.6 Å². The van der Waals surface area contributed by atoms with Crippen molar-refractivity contribution in [1.29, 1.82) is 0 Å². The molecule has 4 nitrogen and oxygen atoms in total. The van der Waals surface area contributed by atoms with E-state index in [0.29, 0.717) is 12.4 Å². The number of hydrazine groups is 1. The Balaban J connectivity index is 3.15. The summed E-state index contributed by atoms with van der Waals surface area (Å²) in [7, 11) is 1.62. The van der Waals surface area contributed by atoms with Crippen molar-refractivity contribution >= 4 is 21.8 Å². The highest BCUT2D eigenvalue weighted by Crippen LogP contribution is 2.22. The Labute approximate surface area is 97.6 Å². The van der Waals surface area contributed by atoms with Crippen LogP contribution in [0.1, 0.15) is 12.5 Å². The zero-order chi connectivity index (χ0) is 11.3. The number of aliphatic imine (C=N–C) groups is 1. The van der Waals surface area contributed by atoms with Gasteiger partial charge in [-0.05, 0) is 25.1 Å². The Morgan fingerprint density at radius 3 is 2.87 bits per heavy atom. The lowest BCUT2D eigenvalue weighted by Crippen LogP contribution is -2.31. The normalized spacial score (nSPS) is 11.3. The summed E-state index contributed by atoms with van der Waals surface area (Å²) in [6.07, 6.45) is 0. The van der Waals surface area contributed by atoms with Crippen LogP contribution in [0.4, 0.5) is 0 Å². The second-order valence-corrected chi connectivity index (χ2v) is 3.67. The molecular weight excluding hydrogens is 258 g/mol. The van der Waals surface area contributed by atoms with E-state index in [1.807, 2.05) is 25.1 Å². The fourth-order valence-corrected chi connectivity index (χ4v) is 1.61. The molecule has 0 fully saturated rings. The first-order chi connectivity index (χ1) is 7.22. The number of amidine groups is 1. The average Bonchev–Trinajstić information content (AvgIpc) is 2.27. The van der Waals surface area contributed by atoms with Crippen LogP contribution in [0.15, 0.2) is 27.7 Å². The number of hydrogen-bond acceptors (Lipinski definition) is 3. The van der Waals surface area contributed by atoms with E-state index < -0.39 is 0 Å². The fraction of sp³-hybridized carbons (Fsp3) is 0.300. The van der Waals surface area contributed by atoms with Gasteiger partial charge in [0.25, 0.3) is 0 Å². The smallest absolute Gasteiger partial charge is 0.143 e. The minimum absolute atomic E-state index is 0.642. The van der Waals surface area contributed by atoms with Crippen molar-refractivity contribution in [3.63, 3.8) is 0 Å². The molecule has 0 radical (unpaired) electrons. The summed E-state index contributed by atoms with van der Waals surface area (Å²) in [6.45, 7) is 2.62. The van der Waals surface area contributed by atoms with Crippen molar-refractivity contribution in [1.82, 2.24) is 5.43 Å². The Hall–Kier alpha value is -1.07. The second kappa shape index (κ2) is 5.72. The number of benzene rings is 1. The highest BCUT2D eigenvalue weighted by atomic mass is 79.9. The minimum atomic E-state index is 0.642. The van der Waals surface area contributed by atoms with Crippen molar-refractivity contribution in [2.24, 2.45) is 10.8 Å². The number of ether oxygens (including phenoxy) is 1. The van der Waals surface area contributed by atoms with Gasteiger partial charge < -0.3 is 10.2 Å². The number of methoxy groups -OCH3 is 1. The van der Waals surface area contributed by atoms with Gasteiger partial charge in [0.15, 0.2) is 0 Å². The van der Waals surface area contributed by atoms with Crippen LogP contribution in [0.3, 0.4) is 0 Å². The number of nitrogens with two attached hydrogens (primary N) is 1. The van der Waals surface area contributed by atoms with Gasteiger partial charge >= 0.3 is 0 Å². The number of halogens is 1. The molecule has 0 aliphatic rings. The van der Waals surface area contributed by atoms with Crippen LogP contribution in [0.5, 0.6) is 5.75 Å². The first kappa shape index (κ1) is 12.0. The molecule has 0 aliphatic heterocycles. The first-order valence-electron chi connectivity index (χ1n) is 4.58. The van der Waals surface area contributed by atoms with Gasteiger partial charge in [0.2, 0.25) is 0 Å². The molecule has 0 saturated carbocycles. The van der Waals surface area contributed by atoms with Crippen molar-refractivity contribution in [3.05, 3.63) is 28.2 Å². The molecular formula is C10H14BrN3O. The highest BCUT2D eigenvalue weighted by molar-refractivity contribution is 9.10. The summed E-state index contributed by atoms with van der Waals surface area (Å²) in [6, 6.07) is 5.64. The van der Waals surface area contributed by atoms with Crippen molar-refractivity contribution in [2.45, 2.75) is 6.92 Å². The monoisotopic (exact) mass is 271 g/mol. The van der Waals surface area contributed by atoms with Crippen LogP contribution in [0.2, 0.25) is 0 Å². The highest BCUT2D eigenvalue weighted by Gasteiger charge is 2.07. The number of rotatable bonds is 3. The first-order valence-corrected chi connectivity index (χ1v) is 5.37. The molecule has 0 heterocycles. The Morgan fingerprint density at radius 2 is 2.33 bits per heavy atom. The lowest BCUT2D eigenvalue weighted by Gasteiger charge is -2.09. The summed E-state index contributed by atoms with van der Waals surface area (Å²) in [5.41, 5.74) is 3.46. The molecule has 5 heteroatoms. The molecule has 1 aromatic carbocycles. The Bertz CT molecular complexity index is 366. The maximum atomic E-state index is 5.41. The van der Waals surface area contributed by atoms with E-state index in [2.05, 4.69) is 26.3 Å². The largest absolute Gasteiger partial charge is 0.497 e. The summed E-state index contributed by atoms with van der Waals surface area (Å²) >= 11 is 3.44. The maximum absolute atomic E-state index is 5.41. The predicted octanol–water partition coefficient (Wildman–Crippen LogP) is 1.69. The Kier molecular flexibility index (Phi) is 4.58. The lowest BCUT2D eigenvalue weighted by molar-refractivity contribution is 0.414. The summed E-state index contributed by atoms with van der Waals surface area (Å²) in [5.74, 6) is 6.82. The quantitative estimate of drug-likeness (QED) is 0.381. The predicted molar refractivity (Wildman–Crippen MR) is 65.1 cm³/mol. The average molecular weight is 272 g/mol. The zero-order valence-electron chi connectivity index (χ0n) is 8.75. The van der Waals surface area contributed by atoms with E-state index in [9.17, 15) is 0 Å². The van der Waals surface area contributed by atoms with Gasteiger partial charge in [-0.2, -0.15) is 0 Å². The zero-order valence-corrected chi connectivity index (χ0v) is 10.3. The third-order valence-electron chi connectivity index (χ3n) is 1.88. The molecule has 82 valence electrons. The van der Waals surface area contributed by atoms with Gasteiger partial charge in [-0.1, -0.05) is 15.9 Å². The van der Waals surface area contributed by atoms with Crippen LogP contribution in [-0.2, 0) is 0 Å². The van der Waals surface area contributed by atoms with Crippen LogP contribution >= 0.6 is 15.9 Å². The maximum Gasteiger partial charge on any atom is 0.143 e. The fourth-order valence-electron chi connectivity index (χ4n) is 1.18. The van der Waals surface area contributed by atoms with E-state index in [-0.39, 0.29) is 0 Å². The second-order valence-electron chi connectivity index (χ2n) is 2.81. The van der Waals surface area contributed by atoms with Crippen LogP contribution in [0.25, 0.3) is 0 Å². The van der Waals surface area contributed by atoms with Crippen molar-refractivity contribution < 1.29 is 4.74 Å². The van der Waals surface area contributed by atoms with Gasteiger partial charge in [-0.15, -0.1) is 0 Å². The molecule has 0 bridgehead atoms. The molecule has 0 saturated heterocycles. The van der Waals surface area contributed by atoms with E-state index in [1.54, 1.807) is 7.11 Å². The van der Waals surface area contributed by atoms with Gasteiger partial charge in [-0.25, -0.2) is 5.84 Å². The summed E-state index contributed by atoms with van der Waals surface area (Å²) in [5, 5.41) is 0. The number of nitrogens with one attached hydrogen (secondary N) is 1. The van der Waals surface area contributed by atoms with Crippen molar-refractivity contribution in [2.75, 3.05) is 13.7 Å². The third kappa shape index (κ3) is 2.94. The van der Waals surface area contributed by atoms with Gasteiger partial charge in [-0.3, -0.25) is 4.99 Å².